The van der Waals surface area contributed by atoms with Crippen LogP contribution in [0.2, 0.25) is 0 Å². The fourth-order valence-corrected chi connectivity index (χ4v) is 4.86. The van der Waals surface area contributed by atoms with Crippen LogP contribution in [0.1, 0.15) is 11.3 Å². The van der Waals surface area contributed by atoms with Crippen molar-refractivity contribution in [2.75, 3.05) is 5.73 Å². The van der Waals surface area contributed by atoms with E-state index in [4.69, 9.17) is 5.73 Å². The number of benzene rings is 1. The highest BCUT2D eigenvalue weighted by Crippen LogP contribution is 2.31. The van der Waals surface area contributed by atoms with Crippen molar-refractivity contribution in [3.63, 3.8) is 0 Å². The number of halogens is 2. The van der Waals surface area contributed by atoms with Gasteiger partial charge in [0.25, 0.3) is 0 Å². The first-order valence-corrected chi connectivity index (χ1v) is 9.03. The minimum absolute atomic E-state index is 0.0271. The van der Waals surface area contributed by atoms with E-state index in [9.17, 15) is 8.42 Å². The standard InChI is InChI=1S/C13H13Br2N3O2S/c1-8-3-2-4-17-12(8)7-18-21(19,20)13-10(15)5-9(14)6-11(13)16/h2-6,18H,7,16H2,1H3. The third-order valence-corrected chi connectivity index (χ3v) is 5.72. The number of nitrogens with two attached hydrogens (primary N) is 1. The molecule has 0 amide bonds. The molecule has 0 aliphatic carbocycles. The first-order valence-electron chi connectivity index (χ1n) is 5.96. The molecule has 0 radical (unpaired) electrons. The predicted octanol–water partition coefficient (Wildman–Crippen LogP) is 2.98. The molecule has 5 nitrogen and oxygen atoms in total. The van der Waals surface area contributed by atoms with Gasteiger partial charge >= 0.3 is 0 Å². The van der Waals surface area contributed by atoms with E-state index >= 15 is 0 Å². The van der Waals surface area contributed by atoms with Gasteiger partial charge in [0.2, 0.25) is 10.0 Å². The molecule has 112 valence electrons. The van der Waals surface area contributed by atoms with Crippen molar-refractivity contribution in [3.05, 3.63) is 50.7 Å². The summed E-state index contributed by atoms with van der Waals surface area (Å²) < 4.78 is 28.4. The Morgan fingerprint density at radius 1 is 1.33 bits per heavy atom. The normalized spacial score (nSPS) is 11.6. The Bertz CT molecular complexity index is 756. The molecule has 0 atom stereocenters. The van der Waals surface area contributed by atoms with Gasteiger partial charge in [-0.15, -0.1) is 0 Å². The molecule has 0 saturated heterocycles. The van der Waals surface area contributed by atoms with Gasteiger partial charge in [0.05, 0.1) is 17.9 Å². The van der Waals surface area contributed by atoms with Gasteiger partial charge in [-0.3, -0.25) is 4.98 Å². The van der Waals surface area contributed by atoms with Crippen LogP contribution in [0, 0.1) is 6.92 Å². The molecule has 21 heavy (non-hydrogen) atoms. The molecule has 0 aliphatic rings. The summed E-state index contributed by atoms with van der Waals surface area (Å²) in [4.78, 5) is 4.18. The number of hydrogen-bond donors (Lipinski definition) is 2. The topological polar surface area (TPSA) is 85.1 Å². The SMILES string of the molecule is Cc1cccnc1CNS(=O)(=O)c1c(N)cc(Br)cc1Br. The molecule has 1 aromatic heterocycles. The molecular formula is C13H13Br2N3O2S. The van der Waals surface area contributed by atoms with Crippen molar-refractivity contribution in [1.82, 2.24) is 9.71 Å². The van der Waals surface area contributed by atoms with E-state index in [2.05, 4.69) is 41.6 Å². The van der Waals surface area contributed by atoms with Gasteiger partial charge in [-0.25, -0.2) is 13.1 Å². The summed E-state index contributed by atoms with van der Waals surface area (Å²) in [7, 11) is -3.74. The van der Waals surface area contributed by atoms with E-state index in [1.54, 1.807) is 24.4 Å². The molecule has 1 aromatic carbocycles. The van der Waals surface area contributed by atoms with E-state index in [1.807, 2.05) is 13.0 Å². The average Bonchev–Trinajstić information content (AvgIpc) is 2.36. The molecule has 2 aromatic rings. The molecule has 0 bridgehead atoms. The van der Waals surface area contributed by atoms with Crippen LogP contribution in [-0.4, -0.2) is 13.4 Å². The number of nitrogen functional groups attached to an aromatic ring is 1. The van der Waals surface area contributed by atoms with Crippen LogP contribution < -0.4 is 10.5 Å². The predicted molar refractivity (Wildman–Crippen MR) is 89.3 cm³/mol. The monoisotopic (exact) mass is 433 g/mol. The van der Waals surface area contributed by atoms with Crippen molar-refractivity contribution in [2.45, 2.75) is 18.4 Å². The lowest BCUT2D eigenvalue weighted by Crippen LogP contribution is -2.25. The van der Waals surface area contributed by atoms with Crippen molar-refractivity contribution >= 4 is 47.6 Å². The zero-order chi connectivity index (χ0) is 15.6. The van der Waals surface area contributed by atoms with Gasteiger partial charge in [0.1, 0.15) is 4.90 Å². The zero-order valence-electron chi connectivity index (χ0n) is 11.1. The summed E-state index contributed by atoms with van der Waals surface area (Å²) >= 11 is 6.49. The number of rotatable bonds is 4. The lowest BCUT2D eigenvalue weighted by Gasteiger charge is -2.12. The first-order chi connectivity index (χ1) is 9.81. The Kier molecular flexibility index (Phi) is 5.03. The summed E-state index contributed by atoms with van der Waals surface area (Å²) in [5.41, 5.74) is 7.57. The number of pyridine rings is 1. The molecule has 0 spiro atoms. The molecule has 0 saturated carbocycles. The Labute approximate surface area is 140 Å². The summed E-state index contributed by atoms with van der Waals surface area (Å²) in [6.07, 6.45) is 1.63. The highest BCUT2D eigenvalue weighted by Gasteiger charge is 2.21. The third-order valence-electron chi connectivity index (χ3n) is 2.85. The van der Waals surface area contributed by atoms with Crippen molar-refractivity contribution < 1.29 is 8.42 Å². The Balaban J connectivity index is 2.30. The van der Waals surface area contributed by atoms with Gasteiger partial charge in [0.15, 0.2) is 0 Å². The first kappa shape index (κ1) is 16.4. The highest BCUT2D eigenvalue weighted by atomic mass is 79.9. The molecule has 0 unspecified atom stereocenters. The highest BCUT2D eigenvalue weighted by molar-refractivity contribution is 9.11. The fraction of sp³-hybridized carbons (Fsp3) is 0.154. The number of aromatic nitrogens is 1. The van der Waals surface area contributed by atoms with E-state index in [-0.39, 0.29) is 17.1 Å². The maximum absolute atomic E-state index is 12.4. The van der Waals surface area contributed by atoms with Gasteiger partial charge in [-0.05, 0) is 46.6 Å². The van der Waals surface area contributed by atoms with Crippen LogP contribution in [0.4, 0.5) is 5.69 Å². The van der Waals surface area contributed by atoms with Crippen LogP contribution in [0.15, 0.2) is 44.3 Å². The molecule has 2 rings (SSSR count). The molecule has 1 heterocycles. The molecular weight excluding hydrogens is 422 g/mol. The number of nitrogens with zero attached hydrogens (tertiary/aromatic N) is 1. The molecule has 8 heteroatoms. The minimum atomic E-state index is -3.74. The smallest absolute Gasteiger partial charge is 0.244 e. The van der Waals surface area contributed by atoms with Crippen LogP contribution in [0.3, 0.4) is 0 Å². The Morgan fingerprint density at radius 2 is 2.05 bits per heavy atom. The van der Waals surface area contributed by atoms with Gasteiger partial charge in [0, 0.05) is 15.1 Å². The van der Waals surface area contributed by atoms with Crippen LogP contribution in [0.5, 0.6) is 0 Å². The quantitative estimate of drug-likeness (QED) is 0.724. The minimum Gasteiger partial charge on any atom is -0.398 e. The Hall–Kier alpha value is -0.960. The lowest BCUT2D eigenvalue weighted by atomic mass is 10.2. The van der Waals surface area contributed by atoms with Crippen molar-refractivity contribution in [2.24, 2.45) is 0 Å². The summed E-state index contributed by atoms with van der Waals surface area (Å²) in [6, 6.07) is 6.86. The number of hydrogen-bond acceptors (Lipinski definition) is 4. The molecule has 3 N–H and O–H groups in total. The lowest BCUT2D eigenvalue weighted by molar-refractivity contribution is 0.580. The maximum Gasteiger partial charge on any atom is 0.244 e. The van der Waals surface area contributed by atoms with E-state index in [0.717, 1.165) is 5.56 Å². The fourth-order valence-electron chi connectivity index (χ4n) is 1.80. The molecule has 0 aliphatic heterocycles. The van der Waals surface area contributed by atoms with E-state index in [1.165, 1.54) is 0 Å². The van der Waals surface area contributed by atoms with Crippen LogP contribution >= 0.6 is 31.9 Å². The second-order valence-corrected chi connectivity index (χ2v) is 7.87. The number of sulfonamides is 1. The zero-order valence-corrected chi connectivity index (χ0v) is 15.1. The largest absolute Gasteiger partial charge is 0.398 e. The van der Waals surface area contributed by atoms with Crippen molar-refractivity contribution in [3.8, 4) is 0 Å². The van der Waals surface area contributed by atoms with Gasteiger partial charge in [-0.2, -0.15) is 0 Å². The summed E-state index contributed by atoms with van der Waals surface area (Å²) in [5, 5.41) is 0. The number of nitrogens with one attached hydrogen (secondary N) is 1. The third kappa shape index (κ3) is 3.82. The summed E-state index contributed by atoms with van der Waals surface area (Å²) in [6.45, 7) is 1.98. The van der Waals surface area contributed by atoms with Crippen LogP contribution in [-0.2, 0) is 16.6 Å². The number of aryl methyl sites for hydroxylation is 1. The maximum atomic E-state index is 12.4. The summed E-state index contributed by atoms with van der Waals surface area (Å²) in [5.74, 6) is 0. The van der Waals surface area contributed by atoms with Crippen LogP contribution in [0.25, 0.3) is 0 Å². The second kappa shape index (κ2) is 6.43. The van der Waals surface area contributed by atoms with E-state index < -0.39 is 10.0 Å². The molecule has 0 fully saturated rings. The second-order valence-electron chi connectivity index (χ2n) is 4.40. The Morgan fingerprint density at radius 3 is 2.67 bits per heavy atom. The van der Waals surface area contributed by atoms with Gasteiger partial charge < -0.3 is 5.73 Å². The average molecular weight is 435 g/mol. The van der Waals surface area contributed by atoms with Gasteiger partial charge in [-0.1, -0.05) is 22.0 Å². The number of anilines is 1. The van der Waals surface area contributed by atoms with Crippen molar-refractivity contribution in [1.29, 1.82) is 0 Å². The van der Waals surface area contributed by atoms with E-state index in [0.29, 0.717) is 14.6 Å².